The summed E-state index contributed by atoms with van der Waals surface area (Å²) in [6.07, 6.45) is 0. The topological polar surface area (TPSA) is 35.2 Å². The zero-order valence-electron chi connectivity index (χ0n) is 6.29. The van der Waals surface area contributed by atoms with Crippen LogP contribution >= 0.6 is 0 Å². The monoisotopic (exact) mass is 147 g/mol. The molecule has 0 aliphatic carbocycles. The molecule has 2 radical (unpaired) electrons. The van der Waals surface area contributed by atoms with Gasteiger partial charge in [0, 0.05) is 6.54 Å². The van der Waals surface area contributed by atoms with Crippen LogP contribution in [-0.2, 0) is 17.8 Å². The van der Waals surface area contributed by atoms with E-state index in [0.717, 1.165) is 11.1 Å². The molecule has 0 aliphatic rings. The molecule has 11 heavy (non-hydrogen) atoms. The Kier molecular flexibility index (Phi) is 3.14. The van der Waals surface area contributed by atoms with Crippen molar-refractivity contribution >= 4 is 8.05 Å². The Morgan fingerprint density at radius 2 is 1.73 bits per heavy atom. The summed E-state index contributed by atoms with van der Waals surface area (Å²) in [6, 6.07) is 7.84. The molecule has 0 saturated heterocycles. The van der Waals surface area contributed by atoms with Gasteiger partial charge in [-0.2, -0.15) is 0 Å². The molecule has 0 fully saturated rings. The van der Waals surface area contributed by atoms with Crippen LogP contribution in [0.5, 0.6) is 0 Å². The molecular weight excluding hydrogens is 137 g/mol. The molecule has 0 spiro atoms. The van der Waals surface area contributed by atoms with Gasteiger partial charge in [0.1, 0.15) is 0 Å². The van der Waals surface area contributed by atoms with Crippen LogP contribution in [0.2, 0.25) is 0 Å². The Morgan fingerprint density at radius 1 is 1.18 bits per heavy atom. The van der Waals surface area contributed by atoms with Gasteiger partial charge in [-0.3, -0.25) is 0 Å². The third-order valence-electron chi connectivity index (χ3n) is 1.51. The van der Waals surface area contributed by atoms with E-state index >= 15 is 0 Å². The maximum absolute atomic E-state index is 5.42. The van der Waals surface area contributed by atoms with Gasteiger partial charge in [-0.25, -0.2) is 0 Å². The lowest BCUT2D eigenvalue weighted by atomic mass is 10.1. The van der Waals surface area contributed by atoms with E-state index in [1.54, 1.807) is 0 Å². The fourth-order valence-electron chi connectivity index (χ4n) is 0.868. The molecule has 0 aromatic heterocycles. The average Bonchev–Trinajstić information content (AvgIpc) is 2.07. The molecule has 1 aromatic carbocycles. The number of hydrogen-bond donors (Lipinski definition) is 1. The van der Waals surface area contributed by atoms with Gasteiger partial charge in [-0.1, -0.05) is 24.3 Å². The normalized spacial score (nSPS) is 9.91. The number of benzene rings is 1. The van der Waals surface area contributed by atoms with Crippen molar-refractivity contribution in [3.8, 4) is 0 Å². The van der Waals surface area contributed by atoms with Gasteiger partial charge < -0.3 is 10.4 Å². The molecule has 2 N–H and O–H groups in total. The van der Waals surface area contributed by atoms with Gasteiger partial charge in [0.15, 0.2) is 0 Å². The van der Waals surface area contributed by atoms with Crippen LogP contribution in [0.1, 0.15) is 11.1 Å². The van der Waals surface area contributed by atoms with E-state index in [0.29, 0.717) is 13.2 Å². The van der Waals surface area contributed by atoms with E-state index in [4.69, 9.17) is 13.8 Å². The van der Waals surface area contributed by atoms with E-state index < -0.39 is 0 Å². The maximum Gasteiger partial charge on any atom is 0.283 e. The van der Waals surface area contributed by atoms with Crippen LogP contribution < -0.4 is 5.73 Å². The maximum atomic E-state index is 5.42. The average molecular weight is 147 g/mol. The Morgan fingerprint density at radius 3 is 2.18 bits per heavy atom. The third-order valence-corrected chi connectivity index (χ3v) is 1.51. The van der Waals surface area contributed by atoms with Crippen molar-refractivity contribution < 1.29 is 4.65 Å². The molecule has 0 bridgehead atoms. The fourth-order valence-corrected chi connectivity index (χ4v) is 0.868. The highest BCUT2D eigenvalue weighted by molar-refractivity contribution is 5.97. The predicted molar refractivity (Wildman–Crippen MR) is 44.9 cm³/mol. The van der Waals surface area contributed by atoms with Gasteiger partial charge >= 0.3 is 0 Å². The summed E-state index contributed by atoms with van der Waals surface area (Å²) in [5.41, 5.74) is 7.59. The van der Waals surface area contributed by atoms with Gasteiger partial charge in [-0.15, -0.1) is 0 Å². The van der Waals surface area contributed by atoms with Gasteiger partial charge in [-0.05, 0) is 11.1 Å². The van der Waals surface area contributed by atoms with Crippen LogP contribution in [0.4, 0.5) is 0 Å². The molecule has 0 aliphatic heterocycles. The van der Waals surface area contributed by atoms with E-state index in [-0.39, 0.29) is 0 Å². The Bertz CT molecular complexity index is 210. The molecule has 2 nitrogen and oxygen atoms in total. The quantitative estimate of drug-likeness (QED) is 0.640. The highest BCUT2D eigenvalue weighted by atomic mass is 16.4. The summed E-state index contributed by atoms with van der Waals surface area (Å²) in [4.78, 5) is 0. The minimum atomic E-state index is 0.449. The Hall–Kier alpha value is -0.795. The third kappa shape index (κ3) is 2.37. The summed E-state index contributed by atoms with van der Waals surface area (Å²) >= 11 is 0. The van der Waals surface area contributed by atoms with E-state index in [1.165, 1.54) is 0 Å². The molecule has 0 unspecified atom stereocenters. The lowest BCUT2D eigenvalue weighted by Crippen LogP contribution is -1.96. The smallest absolute Gasteiger partial charge is 0.283 e. The molecule has 1 aromatic rings. The molecule has 0 amide bonds. The molecule has 56 valence electrons. The van der Waals surface area contributed by atoms with Crippen molar-refractivity contribution in [2.75, 3.05) is 0 Å². The second kappa shape index (κ2) is 4.16. The summed E-state index contributed by atoms with van der Waals surface area (Å²) in [5, 5.41) is 0. The first-order chi connectivity index (χ1) is 5.36. The zero-order chi connectivity index (χ0) is 8.10. The second-order valence-electron chi connectivity index (χ2n) is 2.33. The number of hydrogen-bond acceptors (Lipinski definition) is 2. The van der Waals surface area contributed by atoms with Gasteiger partial charge in [0.25, 0.3) is 8.05 Å². The van der Waals surface area contributed by atoms with Crippen LogP contribution in [0, 0.1) is 0 Å². The van der Waals surface area contributed by atoms with Gasteiger partial charge in [0.2, 0.25) is 0 Å². The standard InChI is InChI=1S/C8H10BNO/c9-11-6-8-3-1-7(5-10)2-4-8/h1-4H,5-6,10H2. The molecule has 0 atom stereocenters. The van der Waals surface area contributed by atoms with E-state index in [2.05, 4.69) is 4.65 Å². The molecule has 1 rings (SSSR count). The van der Waals surface area contributed by atoms with E-state index in [9.17, 15) is 0 Å². The lowest BCUT2D eigenvalue weighted by Gasteiger charge is -2.00. The van der Waals surface area contributed by atoms with Crippen LogP contribution in [0.3, 0.4) is 0 Å². The number of rotatable bonds is 3. The molecule has 0 heterocycles. The highest BCUT2D eigenvalue weighted by Crippen LogP contribution is 2.03. The minimum Gasteiger partial charge on any atom is -0.444 e. The van der Waals surface area contributed by atoms with Crippen molar-refractivity contribution in [2.45, 2.75) is 13.2 Å². The molecule has 3 heteroatoms. The summed E-state index contributed by atoms with van der Waals surface area (Å²) < 4.78 is 4.47. The van der Waals surface area contributed by atoms with Crippen molar-refractivity contribution in [3.63, 3.8) is 0 Å². The molecule has 0 saturated carbocycles. The highest BCUT2D eigenvalue weighted by Gasteiger charge is 1.90. The van der Waals surface area contributed by atoms with Crippen LogP contribution in [0.25, 0.3) is 0 Å². The van der Waals surface area contributed by atoms with Crippen molar-refractivity contribution in [1.29, 1.82) is 0 Å². The fraction of sp³-hybridized carbons (Fsp3) is 0.250. The first-order valence-corrected chi connectivity index (χ1v) is 3.46. The lowest BCUT2D eigenvalue weighted by molar-refractivity contribution is 0.338. The first kappa shape index (κ1) is 8.30. The minimum absolute atomic E-state index is 0.449. The predicted octanol–water partition coefficient (Wildman–Crippen LogP) is 0.745. The second-order valence-corrected chi connectivity index (χ2v) is 2.33. The molecular formula is C8H10BNO. The first-order valence-electron chi connectivity index (χ1n) is 3.46. The Balaban J connectivity index is 2.66. The van der Waals surface area contributed by atoms with Crippen molar-refractivity contribution in [2.24, 2.45) is 5.73 Å². The summed E-state index contributed by atoms with van der Waals surface area (Å²) in [6.45, 7) is 1.02. The summed E-state index contributed by atoms with van der Waals surface area (Å²) in [5.74, 6) is 0. The van der Waals surface area contributed by atoms with Crippen molar-refractivity contribution in [1.82, 2.24) is 0 Å². The SMILES string of the molecule is [B]OCc1ccc(CN)cc1. The van der Waals surface area contributed by atoms with Crippen LogP contribution in [0.15, 0.2) is 24.3 Å². The van der Waals surface area contributed by atoms with Gasteiger partial charge in [0.05, 0.1) is 6.61 Å². The summed E-state index contributed by atoms with van der Waals surface area (Å²) in [7, 11) is 4.91. The Labute approximate surface area is 67.8 Å². The number of nitrogens with two attached hydrogens (primary N) is 1. The van der Waals surface area contributed by atoms with Crippen molar-refractivity contribution in [3.05, 3.63) is 35.4 Å². The van der Waals surface area contributed by atoms with Crippen LogP contribution in [-0.4, -0.2) is 8.05 Å². The largest absolute Gasteiger partial charge is 0.444 e. The zero-order valence-corrected chi connectivity index (χ0v) is 6.29. The van der Waals surface area contributed by atoms with E-state index in [1.807, 2.05) is 24.3 Å².